The molecule has 6 heteroatoms. The number of hydrogen-bond donors (Lipinski definition) is 1. The molecule has 1 amide bonds. The molecule has 0 bridgehead atoms. The van der Waals surface area contributed by atoms with Crippen molar-refractivity contribution >= 4 is 15.7 Å². The molecule has 1 fully saturated rings. The topological polar surface area (TPSA) is 66.5 Å². The maximum absolute atomic E-state index is 12.1. The zero-order valence-electron chi connectivity index (χ0n) is 10.8. The van der Waals surface area contributed by atoms with Gasteiger partial charge in [0.05, 0.1) is 18.0 Å². The largest absolute Gasteiger partial charge is 0.325 e. The highest BCUT2D eigenvalue weighted by Gasteiger charge is 2.37. The monoisotopic (exact) mass is 262 g/mol. The summed E-state index contributed by atoms with van der Waals surface area (Å²) in [4.78, 5) is 13.7. The van der Waals surface area contributed by atoms with E-state index in [0.29, 0.717) is 6.54 Å². The Bertz CT molecular complexity index is 367. The van der Waals surface area contributed by atoms with Crippen molar-refractivity contribution in [2.45, 2.75) is 45.3 Å². The number of sulfone groups is 1. The molecule has 0 saturated carbocycles. The van der Waals surface area contributed by atoms with Crippen LogP contribution in [0.1, 0.15) is 33.1 Å². The van der Waals surface area contributed by atoms with Crippen molar-refractivity contribution in [3.63, 3.8) is 0 Å². The second kappa shape index (κ2) is 5.82. The second-order valence-corrected chi connectivity index (χ2v) is 6.85. The summed E-state index contributed by atoms with van der Waals surface area (Å²) in [5.41, 5.74) is 0. The van der Waals surface area contributed by atoms with E-state index >= 15 is 0 Å². The van der Waals surface area contributed by atoms with Crippen LogP contribution in [0.25, 0.3) is 0 Å². The third kappa shape index (κ3) is 3.96. The average Bonchev–Trinajstić information content (AvgIpc) is 2.52. The molecule has 1 N–H and O–H groups in total. The van der Waals surface area contributed by atoms with Crippen molar-refractivity contribution in [2.24, 2.45) is 0 Å². The van der Waals surface area contributed by atoms with Gasteiger partial charge in [-0.2, -0.15) is 0 Å². The molecule has 1 heterocycles. The van der Waals surface area contributed by atoms with E-state index in [2.05, 4.69) is 5.32 Å². The van der Waals surface area contributed by atoms with E-state index in [-0.39, 0.29) is 23.9 Å². The first kappa shape index (κ1) is 14.4. The summed E-state index contributed by atoms with van der Waals surface area (Å²) in [6.07, 6.45) is 3.74. The first-order valence-corrected chi connectivity index (χ1v) is 8.19. The van der Waals surface area contributed by atoms with Crippen molar-refractivity contribution in [3.05, 3.63) is 0 Å². The van der Waals surface area contributed by atoms with E-state index in [1.54, 1.807) is 4.90 Å². The van der Waals surface area contributed by atoms with Crippen LogP contribution in [0.3, 0.4) is 0 Å². The number of nitrogens with zero attached hydrogens (tertiary/aromatic N) is 1. The van der Waals surface area contributed by atoms with Crippen LogP contribution in [0, 0.1) is 0 Å². The lowest BCUT2D eigenvalue weighted by atomic mass is 10.2. The Morgan fingerprint density at radius 2 is 2.00 bits per heavy atom. The molecule has 2 atom stereocenters. The summed E-state index contributed by atoms with van der Waals surface area (Å²) in [7, 11) is -3.02. The Morgan fingerprint density at radius 3 is 2.47 bits per heavy atom. The summed E-state index contributed by atoms with van der Waals surface area (Å²) >= 11 is 0. The predicted octanol–water partition coefficient (Wildman–Crippen LogP) is 0.368. The van der Waals surface area contributed by atoms with Crippen LogP contribution in [0.5, 0.6) is 0 Å². The fourth-order valence-electron chi connectivity index (χ4n) is 2.11. The third-order valence-electron chi connectivity index (χ3n) is 3.02. The van der Waals surface area contributed by atoms with E-state index in [4.69, 9.17) is 0 Å². The van der Waals surface area contributed by atoms with Gasteiger partial charge in [-0.25, -0.2) is 8.42 Å². The standard InChI is InChI=1S/C11H22N2O3S/c1-4-6-9-11(14)13(10(5-2)12-9)7-8-17(3,15)16/h9-10,12H,4-8H2,1-3H3. The van der Waals surface area contributed by atoms with Crippen LogP contribution in [0.4, 0.5) is 0 Å². The Balaban J connectivity index is 2.65. The molecule has 0 aromatic heterocycles. The normalized spacial score (nSPS) is 25.6. The van der Waals surface area contributed by atoms with Gasteiger partial charge in [0.15, 0.2) is 0 Å². The Hall–Kier alpha value is -0.620. The van der Waals surface area contributed by atoms with Crippen LogP contribution < -0.4 is 5.32 Å². The number of hydrogen-bond acceptors (Lipinski definition) is 4. The van der Waals surface area contributed by atoms with E-state index in [1.807, 2.05) is 13.8 Å². The van der Waals surface area contributed by atoms with Gasteiger partial charge in [0.1, 0.15) is 9.84 Å². The van der Waals surface area contributed by atoms with Crippen LogP contribution in [0.15, 0.2) is 0 Å². The zero-order chi connectivity index (χ0) is 13.1. The molecule has 0 aromatic rings. The lowest BCUT2D eigenvalue weighted by Gasteiger charge is -2.22. The predicted molar refractivity (Wildman–Crippen MR) is 67.3 cm³/mol. The molecule has 1 aliphatic rings. The summed E-state index contributed by atoms with van der Waals surface area (Å²) in [5, 5.41) is 3.26. The van der Waals surface area contributed by atoms with E-state index in [9.17, 15) is 13.2 Å². The SMILES string of the molecule is CCCC1NC(CC)N(CCS(C)(=O)=O)C1=O. The lowest BCUT2D eigenvalue weighted by Crippen LogP contribution is -2.39. The van der Waals surface area contributed by atoms with Crippen molar-refractivity contribution in [2.75, 3.05) is 18.6 Å². The number of carbonyl (C=O) groups excluding carboxylic acids is 1. The average molecular weight is 262 g/mol. The van der Waals surface area contributed by atoms with Gasteiger partial charge in [-0.1, -0.05) is 20.3 Å². The second-order valence-electron chi connectivity index (χ2n) is 4.59. The summed E-state index contributed by atoms with van der Waals surface area (Å²) in [6.45, 7) is 4.32. The Kier molecular flexibility index (Phi) is 4.94. The van der Waals surface area contributed by atoms with Gasteiger partial charge in [0, 0.05) is 12.8 Å². The summed E-state index contributed by atoms with van der Waals surface area (Å²) < 4.78 is 22.3. The summed E-state index contributed by atoms with van der Waals surface area (Å²) in [6, 6.07) is -0.135. The van der Waals surface area contributed by atoms with E-state index in [1.165, 1.54) is 6.26 Å². The minimum atomic E-state index is -3.02. The molecule has 1 saturated heterocycles. The van der Waals surface area contributed by atoms with Crippen molar-refractivity contribution in [1.82, 2.24) is 10.2 Å². The Morgan fingerprint density at radius 1 is 1.35 bits per heavy atom. The molecular weight excluding hydrogens is 240 g/mol. The fraction of sp³-hybridized carbons (Fsp3) is 0.909. The van der Waals surface area contributed by atoms with Gasteiger partial charge < -0.3 is 4.90 Å². The quantitative estimate of drug-likeness (QED) is 0.751. The van der Waals surface area contributed by atoms with Gasteiger partial charge in [0.25, 0.3) is 0 Å². The molecular formula is C11H22N2O3S. The molecule has 100 valence electrons. The molecule has 0 radical (unpaired) electrons. The van der Waals surface area contributed by atoms with E-state index < -0.39 is 9.84 Å². The van der Waals surface area contributed by atoms with Gasteiger partial charge in [-0.05, 0) is 12.8 Å². The smallest absolute Gasteiger partial charge is 0.241 e. The van der Waals surface area contributed by atoms with Gasteiger partial charge in [-0.15, -0.1) is 0 Å². The highest BCUT2D eigenvalue weighted by atomic mass is 32.2. The first-order valence-electron chi connectivity index (χ1n) is 6.13. The molecule has 17 heavy (non-hydrogen) atoms. The maximum atomic E-state index is 12.1. The molecule has 0 aliphatic carbocycles. The van der Waals surface area contributed by atoms with Gasteiger partial charge in [-0.3, -0.25) is 10.1 Å². The number of nitrogens with one attached hydrogen (secondary N) is 1. The Labute approximate surface area is 103 Å². The van der Waals surface area contributed by atoms with Crippen molar-refractivity contribution in [1.29, 1.82) is 0 Å². The molecule has 2 unspecified atom stereocenters. The maximum Gasteiger partial charge on any atom is 0.241 e. The summed E-state index contributed by atoms with van der Waals surface area (Å²) in [5.74, 6) is 0.0813. The minimum absolute atomic E-state index is 0.0131. The molecule has 0 spiro atoms. The van der Waals surface area contributed by atoms with Crippen molar-refractivity contribution < 1.29 is 13.2 Å². The van der Waals surface area contributed by atoms with Crippen LogP contribution in [0.2, 0.25) is 0 Å². The highest BCUT2D eigenvalue weighted by Crippen LogP contribution is 2.16. The van der Waals surface area contributed by atoms with E-state index in [0.717, 1.165) is 19.3 Å². The molecule has 0 aromatic carbocycles. The van der Waals surface area contributed by atoms with Crippen molar-refractivity contribution in [3.8, 4) is 0 Å². The highest BCUT2D eigenvalue weighted by molar-refractivity contribution is 7.90. The number of rotatable bonds is 6. The van der Waals surface area contributed by atoms with Gasteiger partial charge in [0.2, 0.25) is 5.91 Å². The molecule has 1 rings (SSSR count). The molecule has 1 aliphatic heterocycles. The van der Waals surface area contributed by atoms with Gasteiger partial charge >= 0.3 is 0 Å². The number of amides is 1. The molecule has 5 nitrogen and oxygen atoms in total. The van der Waals surface area contributed by atoms with Crippen LogP contribution in [-0.2, 0) is 14.6 Å². The third-order valence-corrected chi connectivity index (χ3v) is 3.94. The lowest BCUT2D eigenvalue weighted by molar-refractivity contribution is -0.129. The zero-order valence-corrected chi connectivity index (χ0v) is 11.6. The fourth-order valence-corrected chi connectivity index (χ4v) is 2.64. The first-order chi connectivity index (χ1) is 7.89. The van der Waals surface area contributed by atoms with Crippen LogP contribution >= 0.6 is 0 Å². The minimum Gasteiger partial charge on any atom is -0.325 e. The number of carbonyl (C=O) groups is 1. The van der Waals surface area contributed by atoms with Crippen LogP contribution in [-0.4, -0.2) is 50.0 Å².